The number of hydrogen-bond acceptors (Lipinski definition) is 14. The van der Waals surface area contributed by atoms with Gasteiger partial charge in [0.1, 0.15) is 6.04 Å². The molecule has 0 aliphatic rings. The summed E-state index contributed by atoms with van der Waals surface area (Å²) in [5.41, 5.74) is 24.0. The lowest BCUT2D eigenvalue weighted by Crippen LogP contribution is -2.50. The molecule has 0 saturated carbocycles. The molecular weight excluding hydrogens is 1080 g/mol. The largest absolute Gasteiger partial charge is 0.481 e. The summed E-state index contributed by atoms with van der Waals surface area (Å²) < 4.78 is 0. The Morgan fingerprint density at radius 3 is 1.61 bits per heavy atom. The van der Waals surface area contributed by atoms with Gasteiger partial charge in [0.15, 0.2) is 35.1 Å². The van der Waals surface area contributed by atoms with Gasteiger partial charge in [0.05, 0.1) is 30.1 Å². The van der Waals surface area contributed by atoms with Crippen molar-refractivity contribution in [3.05, 3.63) is 36.0 Å². The van der Waals surface area contributed by atoms with Crippen LogP contribution >= 0.6 is 12.6 Å². The van der Waals surface area contributed by atoms with Crippen LogP contribution in [0.1, 0.15) is 138 Å². The molecule has 1 heterocycles. The van der Waals surface area contributed by atoms with Gasteiger partial charge in [-0.25, -0.2) is 0 Å². The van der Waals surface area contributed by atoms with Crippen LogP contribution in [0.15, 0.2) is 40.4 Å². The number of H-pyrrole nitrogens is 1. The number of para-hydroxylation sites is 1. The Bertz CT molecular complexity index is 2530. The fourth-order valence-corrected chi connectivity index (χ4v) is 9.90. The summed E-state index contributed by atoms with van der Waals surface area (Å²) >= 11 is 4.39. The van der Waals surface area contributed by atoms with E-state index in [9.17, 15) is 58.2 Å². The number of nitrogens with zero attached hydrogens (tertiary/aromatic N) is 2. The Kier molecular flexibility index (Phi) is 31.7. The minimum atomic E-state index is -1.47. The highest BCUT2D eigenvalue weighted by molar-refractivity contribution is 7.80. The predicted octanol–water partition coefficient (Wildman–Crippen LogP) is 2.68. The van der Waals surface area contributed by atoms with Gasteiger partial charge in [-0.05, 0) is 94.7 Å². The topological polar surface area (TPSA) is 416 Å². The van der Waals surface area contributed by atoms with E-state index in [1.54, 1.807) is 20.9 Å². The van der Waals surface area contributed by atoms with Crippen LogP contribution in [0.2, 0.25) is 0 Å². The second kappa shape index (κ2) is 36.5. The fraction of sp³-hybridized carbons (Fsp3) is 0.649. The number of ketones is 4. The van der Waals surface area contributed by atoms with E-state index in [0.717, 1.165) is 16.5 Å². The molecule has 0 spiro atoms. The van der Waals surface area contributed by atoms with Crippen LogP contribution in [0.3, 0.4) is 0 Å². The monoisotopic (exact) mass is 1170 g/mol. The van der Waals surface area contributed by atoms with Gasteiger partial charge in [-0.1, -0.05) is 66.2 Å². The quantitative estimate of drug-likeness (QED) is 0.0197. The number of benzene rings is 1. The van der Waals surface area contributed by atoms with Crippen LogP contribution in [0.5, 0.6) is 0 Å². The first-order valence-corrected chi connectivity index (χ1v) is 29.0. The number of nitrogens with two attached hydrogens (primary N) is 4. The van der Waals surface area contributed by atoms with Crippen molar-refractivity contribution in [2.45, 2.75) is 169 Å². The number of rotatable bonds is 42. The van der Waals surface area contributed by atoms with E-state index in [2.05, 4.69) is 54.2 Å². The average molecular weight is 1170 g/mol. The molecule has 10 atom stereocenters. The lowest BCUT2D eigenvalue weighted by atomic mass is 9.85. The number of carboxylic acids is 2. The second-order valence-electron chi connectivity index (χ2n) is 22.2. The third-order valence-electron chi connectivity index (χ3n) is 14.4. The molecule has 2 rings (SSSR count). The summed E-state index contributed by atoms with van der Waals surface area (Å²) in [5.74, 6) is -12.6. The van der Waals surface area contributed by atoms with Crippen molar-refractivity contribution in [1.29, 1.82) is 0 Å². The summed E-state index contributed by atoms with van der Waals surface area (Å²) in [6.07, 6.45) is 1.27. The summed E-state index contributed by atoms with van der Waals surface area (Å²) in [7, 11) is 1.66. The lowest BCUT2D eigenvalue weighted by molar-refractivity contribution is -0.142. The molecule has 25 heteroatoms. The Hall–Kier alpha value is -6.89. The standard InChI is InChI=1S/C57H92N12O12S/c1-9-33(6)50(48(73)27-37(22-31(2)3)53(78)66-34(7)55(80)81)69-52(77)36(15-13-21-64-57(60)61)25-45(70)42(18-19-49(74)75)67-54(79)39(30-82)28-47(72)44(23-32(4)5)68-51(76)35(14-12-20-63-56(58)59)26-46(71)43(62-8)24-38-29-65-41-17-11-10-16-40(38)41/h10-11,16-17,29,31-37,39,42-44,50,62,65,82H,9,12-15,18-28,30H2,1-8H3,(H,66,78)(H,67,79)(H,68,76)(H,69,77)(H,74,75)(H,80,81)(H4,58,59,63)(H4,60,61,64)/t33-,34-,35-,36-,37+,39-,42-,43-,44-,50-/m0/s1. The molecule has 4 amide bonds. The number of fused-ring (bicyclic) bond motifs is 1. The summed E-state index contributed by atoms with van der Waals surface area (Å²) in [4.78, 5) is 148. The van der Waals surface area contributed by atoms with Crippen molar-refractivity contribution in [1.82, 2.24) is 31.6 Å². The molecule has 2 aromatic rings. The van der Waals surface area contributed by atoms with E-state index >= 15 is 0 Å². The molecule has 82 heavy (non-hydrogen) atoms. The molecular formula is C57H92N12O12S. The number of aromatic amines is 1. The molecule has 0 saturated heterocycles. The van der Waals surface area contributed by atoms with Crippen molar-refractivity contribution in [2.24, 2.45) is 74.3 Å². The van der Waals surface area contributed by atoms with Gasteiger partial charge in [-0.3, -0.25) is 57.9 Å². The number of carbonyl (C=O) groups is 10. The highest BCUT2D eigenvalue weighted by Gasteiger charge is 2.37. The maximum absolute atomic E-state index is 14.4. The number of Topliss-reactive ketones (excluding diaryl/α,β-unsaturated/α-hetero) is 4. The fourth-order valence-electron chi connectivity index (χ4n) is 9.60. The van der Waals surface area contributed by atoms with Crippen LogP contribution in [0.25, 0.3) is 10.9 Å². The number of hydrogen-bond donors (Lipinski definition) is 13. The number of aliphatic carboxylic acids is 2. The smallest absolute Gasteiger partial charge is 0.325 e. The maximum atomic E-state index is 14.4. The van der Waals surface area contributed by atoms with E-state index in [1.165, 1.54) is 6.92 Å². The highest BCUT2D eigenvalue weighted by Crippen LogP contribution is 2.25. The number of thiol groups is 1. The molecule has 458 valence electrons. The number of likely N-dealkylation sites (N-methyl/N-ethyl adjacent to an activating group) is 1. The Labute approximate surface area is 486 Å². The molecule has 0 unspecified atom stereocenters. The molecule has 0 bridgehead atoms. The van der Waals surface area contributed by atoms with E-state index in [-0.39, 0.29) is 93.3 Å². The first kappa shape index (κ1) is 71.2. The zero-order chi connectivity index (χ0) is 61.8. The van der Waals surface area contributed by atoms with E-state index in [0.29, 0.717) is 19.3 Å². The molecule has 0 radical (unpaired) electrons. The molecule has 0 aliphatic carbocycles. The van der Waals surface area contributed by atoms with Crippen LogP contribution < -0.4 is 49.5 Å². The zero-order valence-electron chi connectivity index (χ0n) is 49.0. The molecule has 0 fully saturated rings. The van der Waals surface area contributed by atoms with Gasteiger partial charge < -0.3 is 64.7 Å². The highest BCUT2D eigenvalue weighted by atomic mass is 32.1. The van der Waals surface area contributed by atoms with Crippen LogP contribution in [-0.4, -0.2) is 142 Å². The Morgan fingerprint density at radius 1 is 0.610 bits per heavy atom. The van der Waals surface area contributed by atoms with Crippen molar-refractivity contribution in [3.8, 4) is 0 Å². The number of guanidine groups is 2. The predicted molar refractivity (Wildman–Crippen MR) is 317 cm³/mol. The second-order valence-corrected chi connectivity index (χ2v) is 22.6. The SMILES string of the molecule is CC[C@H](C)[C@H](NC(=O)[C@@H](CCCN=C(N)N)CC(=O)[C@H](CCC(=O)O)NC(=O)[C@H](CS)CC(=O)[C@H](CC(C)C)NC(=O)[C@@H](CCCN=C(N)N)CC(=O)[C@H](Cc1c[nH]c2ccccc12)NC)C(=O)C[C@@H](CC(C)C)C(=O)N[C@@H](C)C(=O)O. The number of aliphatic imine (C=N–C) groups is 2. The van der Waals surface area contributed by atoms with Crippen LogP contribution in [-0.2, 0) is 54.4 Å². The first-order valence-electron chi connectivity index (χ1n) is 28.3. The van der Waals surface area contributed by atoms with Gasteiger partial charge >= 0.3 is 11.9 Å². The van der Waals surface area contributed by atoms with Crippen molar-refractivity contribution in [3.63, 3.8) is 0 Å². The van der Waals surface area contributed by atoms with Crippen molar-refractivity contribution in [2.75, 3.05) is 25.9 Å². The third-order valence-corrected chi connectivity index (χ3v) is 14.9. The van der Waals surface area contributed by atoms with E-state index in [1.807, 2.05) is 58.2 Å². The summed E-state index contributed by atoms with van der Waals surface area (Å²) in [5, 5.41) is 33.9. The van der Waals surface area contributed by atoms with Crippen molar-refractivity contribution >= 4 is 94.2 Å². The van der Waals surface area contributed by atoms with E-state index < -0.39 is 138 Å². The lowest BCUT2D eigenvalue weighted by Gasteiger charge is -2.28. The average Bonchev–Trinajstić information content (AvgIpc) is 3.82. The van der Waals surface area contributed by atoms with Gasteiger partial charge in [-0.15, -0.1) is 0 Å². The van der Waals surface area contributed by atoms with Crippen LogP contribution in [0, 0.1) is 41.4 Å². The molecule has 1 aromatic carbocycles. The maximum Gasteiger partial charge on any atom is 0.325 e. The molecule has 16 N–H and O–H groups in total. The number of amides is 4. The normalized spacial score (nSPS) is 15.1. The van der Waals surface area contributed by atoms with Gasteiger partial charge in [0.25, 0.3) is 0 Å². The number of carbonyl (C=O) groups excluding carboxylic acids is 8. The van der Waals surface area contributed by atoms with Gasteiger partial charge in [0, 0.05) is 85.8 Å². The van der Waals surface area contributed by atoms with Gasteiger partial charge in [0.2, 0.25) is 23.6 Å². The number of carboxylic acid groups (broad SMARTS) is 2. The summed E-state index contributed by atoms with van der Waals surface area (Å²) in [6.45, 7) is 12.5. The van der Waals surface area contributed by atoms with E-state index in [4.69, 9.17) is 22.9 Å². The first-order chi connectivity index (χ1) is 38.6. The minimum absolute atomic E-state index is 0.00389. The van der Waals surface area contributed by atoms with Gasteiger partial charge in [-0.2, -0.15) is 12.6 Å². The minimum Gasteiger partial charge on any atom is -0.481 e. The molecule has 24 nitrogen and oxygen atoms in total. The Balaban J connectivity index is 2.42. The molecule has 0 aliphatic heterocycles. The Morgan fingerprint density at radius 2 is 1.10 bits per heavy atom. The van der Waals surface area contributed by atoms with Crippen molar-refractivity contribution < 1.29 is 58.2 Å². The number of nitrogens with one attached hydrogen (secondary N) is 6. The zero-order valence-corrected chi connectivity index (χ0v) is 49.9. The molecule has 1 aromatic heterocycles. The van der Waals surface area contributed by atoms with Crippen LogP contribution in [0.4, 0.5) is 0 Å². The number of aromatic nitrogens is 1. The third kappa shape index (κ3) is 25.5. The summed E-state index contributed by atoms with van der Waals surface area (Å²) in [6, 6.07) is 2.09.